The molecule has 1 fully saturated rings. The molecule has 1 unspecified atom stereocenters. The Hall–Kier alpha value is -2.45. The van der Waals surface area contributed by atoms with Crippen molar-refractivity contribution in [3.8, 4) is 0 Å². The van der Waals surface area contributed by atoms with Gasteiger partial charge in [-0.05, 0) is 60.7 Å². The molecule has 0 aliphatic carbocycles. The summed E-state index contributed by atoms with van der Waals surface area (Å²) in [6.07, 6.45) is -1.63. The summed E-state index contributed by atoms with van der Waals surface area (Å²) in [6.45, 7) is 7.92. The Labute approximate surface area is 186 Å². The predicted octanol–water partition coefficient (Wildman–Crippen LogP) is 4.15. The largest absolute Gasteiger partial charge is 0.416 e. The highest BCUT2D eigenvalue weighted by Gasteiger charge is 2.35. The van der Waals surface area contributed by atoms with Crippen molar-refractivity contribution >= 4 is 5.91 Å². The lowest BCUT2D eigenvalue weighted by atomic mass is 9.99. The minimum absolute atomic E-state index is 0.0500. The fourth-order valence-electron chi connectivity index (χ4n) is 4.68. The number of benzene rings is 1. The lowest BCUT2D eigenvalue weighted by Crippen LogP contribution is -2.30. The molecule has 1 aromatic carbocycles. The molecular weight excluding hydrogens is 417 g/mol. The van der Waals surface area contributed by atoms with E-state index >= 15 is 0 Å². The van der Waals surface area contributed by atoms with Crippen molar-refractivity contribution in [3.63, 3.8) is 0 Å². The van der Waals surface area contributed by atoms with Gasteiger partial charge in [-0.3, -0.25) is 14.7 Å². The quantitative estimate of drug-likeness (QED) is 0.700. The van der Waals surface area contributed by atoms with Gasteiger partial charge in [-0.15, -0.1) is 0 Å². The number of carbonyl (C=O) groups excluding carboxylic acids is 1. The number of hydrogen-bond acceptors (Lipinski definition) is 4. The number of amides is 1. The summed E-state index contributed by atoms with van der Waals surface area (Å²) in [4.78, 5) is 19.5. The van der Waals surface area contributed by atoms with E-state index in [1.54, 1.807) is 6.20 Å². The van der Waals surface area contributed by atoms with Crippen LogP contribution in [0.25, 0.3) is 0 Å². The number of rotatable bonds is 6. The summed E-state index contributed by atoms with van der Waals surface area (Å²) in [5, 5.41) is 6.31. The van der Waals surface area contributed by atoms with Crippen molar-refractivity contribution in [2.45, 2.75) is 45.6 Å². The minimum atomic E-state index is -4.34. The van der Waals surface area contributed by atoms with Crippen LogP contribution in [0.5, 0.6) is 0 Å². The number of hydrogen-bond donors (Lipinski definition) is 2. The molecule has 172 valence electrons. The summed E-state index contributed by atoms with van der Waals surface area (Å²) in [6, 6.07) is 7.29. The molecule has 3 heterocycles. The van der Waals surface area contributed by atoms with Gasteiger partial charge >= 0.3 is 6.18 Å². The monoisotopic (exact) mass is 446 g/mol. The van der Waals surface area contributed by atoms with Crippen LogP contribution in [0.1, 0.15) is 59.1 Å². The Morgan fingerprint density at radius 3 is 2.66 bits per heavy atom. The second-order valence-electron chi connectivity index (χ2n) is 9.13. The highest BCUT2D eigenvalue weighted by molar-refractivity contribution is 5.94. The van der Waals surface area contributed by atoms with E-state index in [4.69, 9.17) is 0 Å². The first kappa shape index (κ1) is 22.7. The van der Waals surface area contributed by atoms with E-state index < -0.39 is 11.7 Å². The number of nitrogens with one attached hydrogen (secondary N) is 2. The maximum absolute atomic E-state index is 12.9. The van der Waals surface area contributed by atoms with Gasteiger partial charge < -0.3 is 10.6 Å². The van der Waals surface area contributed by atoms with Gasteiger partial charge in [0.15, 0.2) is 0 Å². The molecule has 0 bridgehead atoms. The van der Waals surface area contributed by atoms with Crippen molar-refractivity contribution in [2.75, 3.05) is 19.6 Å². The third kappa shape index (κ3) is 4.96. The molecule has 2 aliphatic heterocycles. The van der Waals surface area contributed by atoms with Crippen LogP contribution in [0.4, 0.5) is 13.2 Å². The maximum atomic E-state index is 12.9. The maximum Gasteiger partial charge on any atom is 0.416 e. The molecule has 1 saturated heterocycles. The van der Waals surface area contributed by atoms with Crippen LogP contribution in [0.2, 0.25) is 0 Å². The zero-order valence-corrected chi connectivity index (χ0v) is 18.4. The Morgan fingerprint density at radius 2 is 2.03 bits per heavy atom. The van der Waals surface area contributed by atoms with Gasteiger partial charge in [0.2, 0.25) is 0 Å². The molecule has 2 N–H and O–H groups in total. The van der Waals surface area contributed by atoms with Crippen LogP contribution in [0.15, 0.2) is 36.5 Å². The molecule has 2 aromatic rings. The molecule has 2 aliphatic rings. The summed E-state index contributed by atoms with van der Waals surface area (Å²) in [7, 11) is 0. The van der Waals surface area contributed by atoms with Gasteiger partial charge in [-0.25, -0.2) is 0 Å². The van der Waals surface area contributed by atoms with Crippen molar-refractivity contribution in [3.05, 3.63) is 64.5 Å². The standard InChI is InChI=1S/C24H29F3N4O/c1-15(2)22-21-19(9-18(12-29-21)23(32)30-11-17-7-8-28-10-17)14-31(22)13-16-3-5-20(6-4-16)24(25,26)27/h3-6,9,12,15,17,22,28H,7-8,10-11,13-14H2,1-2H3,(H,30,32)/t17?,22-/m0/s1. The highest BCUT2D eigenvalue weighted by Crippen LogP contribution is 2.39. The first-order valence-electron chi connectivity index (χ1n) is 11.1. The molecule has 0 spiro atoms. The molecule has 5 nitrogen and oxygen atoms in total. The van der Waals surface area contributed by atoms with E-state index in [0.29, 0.717) is 31.1 Å². The molecule has 0 radical (unpaired) electrons. The second-order valence-corrected chi connectivity index (χ2v) is 9.13. The summed E-state index contributed by atoms with van der Waals surface area (Å²) >= 11 is 0. The average molecular weight is 447 g/mol. The van der Waals surface area contributed by atoms with Gasteiger partial charge in [0.1, 0.15) is 0 Å². The van der Waals surface area contributed by atoms with E-state index in [1.807, 2.05) is 6.07 Å². The third-order valence-corrected chi connectivity index (χ3v) is 6.32. The van der Waals surface area contributed by atoms with Crippen LogP contribution in [0, 0.1) is 11.8 Å². The molecule has 0 saturated carbocycles. The van der Waals surface area contributed by atoms with Gasteiger partial charge in [-0.1, -0.05) is 26.0 Å². The van der Waals surface area contributed by atoms with Gasteiger partial charge in [0.05, 0.1) is 22.9 Å². The van der Waals surface area contributed by atoms with Gasteiger partial charge in [0, 0.05) is 25.8 Å². The summed E-state index contributed by atoms with van der Waals surface area (Å²) < 4.78 is 38.6. The molecule has 1 amide bonds. The number of aromatic nitrogens is 1. The second kappa shape index (κ2) is 9.19. The zero-order valence-electron chi connectivity index (χ0n) is 18.4. The SMILES string of the molecule is CC(C)[C@H]1c2ncc(C(=O)NCC3CCNC3)cc2CN1Cc1ccc(C(F)(F)F)cc1. The fourth-order valence-corrected chi connectivity index (χ4v) is 4.68. The molecule has 8 heteroatoms. The van der Waals surface area contributed by atoms with E-state index in [9.17, 15) is 18.0 Å². The average Bonchev–Trinajstić information content (AvgIpc) is 3.38. The molecule has 2 atom stereocenters. The molecule has 4 rings (SSSR count). The van der Waals surface area contributed by atoms with Crippen molar-refractivity contribution in [1.29, 1.82) is 0 Å². The van der Waals surface area contributed by atoms with Crippen molar-refractivity contribution in [1.82, 2.24) is 20.5 Å². The van der Waals surface area contributed by atoms with Crippen molar-refractivity contribution < 1.29 is 18.0 Å². The van der Waals surface area contributed by atoms with Crippen LogP contribution in [-0.2, 0) is 19.3 Å². The molecular formula is C24H29F3N4O. The summed E-state index contributed by atoms with van der Waals surface area (Å²) in [5.41, 5.74) is 2.68. The van der Waals surface area contributed by atoms with Crippen LogP contribution in [-0.4, -0.2) is 35.4 Å². The minimum Gasteiger partial charge on any atom is -0.352 e. The lowest BCUT2D eigenvalue weighted by Gasteiger charge is -2.27. The normalized spacial score (nSPS) is 21.2. The zero-order chi connectivity index (χ0) is 22.9. The fraction of sp³-hybridized carbons (Fsp3) is 0.500. The van der Waals surface area contributed by atoms with E-state index in [0.717, 1.165) is 48.5 Å². The summed E-state index contributed by atoms with van der Waals surface area (Å²) in [5.74, 6) is 0.619. The van der Waals surface area contributed by atoms with E-state index in [-0.39, 0.29) is 17.9 Å². The first-order valence-corrected chi connectivity index (χ1v) is 11.1. The third-order valence-electron chi connectivity index (χ3n) is 6.32. The number of carbonyl (C=O) groups is 1. The highest BCUT2D eigenvalue weighted by atomic mass is 19.4. The Balaban J connectivity index is 1.47. The Bertz CT molecular complexity index is 953. The number of halogens is 3. The van der Waals surface area contributed by atoms with E-state index in [2.05, 4.69) is 34.4 Å². The first-order chi connectivity index (χ1) is 15.2. The molecule has 1 aromatic heterocycles. The Kier molecular flexibility index (Phi) is 6.53. The van der Waals surface area contributed by atoms with Gasteiger partial charge in [0.25, 0.3) is 5.91 Å². The Morgan fingerprint density at radius 1 is 1.28 bits per heavy atom. The predicted molar refractivity (Wildman–Crippen MR) is 116 cm³/mol. The van der Waals surface area contributed by atoms with Crippen LogP contribution < -0.4 is 10.6 Å². The van der Waals surface area contributed by atoms with Crippen molar-refractivity contribution in [2.24, 2.45) is 11.8 Å². The smallest absolute Gasteiger partial charge is 0.352 e. The number of alkyl halides is 3. The van der Waals surface area contributed by atoms with E-state index in [1.165, 1.54) is 12.1 Å². The number of pyridine rings is 1. The topological polar surface area (TPSA) is 57.3 Å². The van der Waals surface area contributed by atoms with Crippen LogP contribution in [0.3, 0.4) is 0 Å². The van der Waals surface area contributed by atoms with Gasteiger partial charge in [-0.2, -0.15) is 13.2 Å². The lowest BCUT2D eigenvalue weighted by molar-refractivity contribution is -0.137. The molecule has 32 heavy (non-hydrogen) atoms. The van der Waals surface area contributed by atoms with Crippen LogP contribution >= 0.6 is 0 Å². The number of fused-ring (bicyclic) bond motifs is 1. The number of nitrogens with zero attached hydrogens (tertiary/aromatic N) is 2.